The Balaban J connectivity index is 2.07. The van der Waals surface area contributed by atoms with Crippen molar-refractivity contribution in [2.75, 3.05) is 6.54 Å². The molecule has 0 aromatic carbocycles. The van der Waals surface area contributed by atoms with E-state index in [9.17, 15) is 23.1 Å². The number of nitrogens with one attached hydrogen (secondary N) is 1. The summed E-state index contributed by atoms with van der Waals surface area (Å²) < 4.78 is 43.0. The number of rotatable bonds is 1. The highest BCUT2D eigenvalue weighted by Gasteiger charge is 2.56. The Kier molecular flexibility index (Phi) is 3.66. The highest BCUT2D eigenvalue weighted by molar-refractivity contribution is 5.69. The zero-order valence-corrected chi connectivity index (χ0v) is 11.6. The van der Waals surface area contributed by atoms with E-state index in [0.29, 0.717) is 13.0 Å². The van der Waals surface area contributed by atoms with E-state index in [0.717, 1.165) is 0 Å². The Bertz CT molecular complexity index is 394. The molecule has 5 nitrogen and oxygen atoms in total. The first-order valence-corrected chi connectivity index (χ1v) is 6.49. The summed E-state index contributed by atoms with van der Waals surface area (Å²) >= 11 is 0. The predicted octanol–water partition coefficient (Wildman–Crippen LogP) is 1.26. The Morgan fingerprint density at radius 1 is 1.40 bits per heavy atom. The van der Waals surface area contributed by atoms with E-state index in [1.54, 1.807) is 20.8 Å². The number of halogens is 3. The first-order valence-electron chi connectivity index (χ1n) is 6.49. The number of aliphatic hydroxyl groups is 1. The van der Waals surface area contributed by atoms with Gasteiger partial charge in [-0.05, 0) is 27.2 Å². The molecule has 8 heteroatoms. The monoisotopic (exact) mass is 296 g/mol. The molecule has 0 unspecified atom stereocenters. The average molecular weight is 296 g/mol. The van der Waals surface area contributed by atoms with Crippen molar-refractivity contribution < 1.29 is 27.8 Å². The lowest BCUT2D eigenvalue weighted by Crippen LogP contribution is -2.60. The van der Waals surface area contributed by atoms with Crippen molar-refractivity contribution in [2.24, 2.45) is 0 Å². The van der Waals surface area contributed by atoms with Gasteiger partial charge in [0.25, 0.3) is 0 Å². The summed E-state index contributed by atoms with van der Waals surface area (Å²) in [6.45, 7) is 5.39. The van der Waals surface area contributed by atoms with Crippen LogP contribution in [-0.4, -0.2) is 58.7 Å². The summed E-state index contributed by atoms with van der Waals surface area (Å²) in [6.07, 6.45) is -7.42. The van der Waals surface area contributed by atoms with Crippen LogP contribution in [0.15, 0.2) is 0 Å². The van der Waals surface area contributed by atoms with Crippen LogP contribution in [-0.2, 0) is 4.74 Å². The fourth-order valence-electron chi connectivity index (χ4n) is 2.75. The van der Waals surface area contributed by atoms with Crippen molar-refractivity contribution in [1.29, 1.82) is 0 Å². The molecule has 2 bridgehead atoms. The van der Waals surface area contributed by atoms with Crippen molar-refractivity contribution in [1.82, 2.24) is 10.2 Å². The van der Waals surface area contributed by atoms with Crippen molar-refractivity contribution in [3.63, 3.8) is 0 Å². The number of likely N-dealkylation sites (tertiary alicyclic amines) is 1. The molecule has 0 aromatic rings. The van der Waals surface area contributed by atoms with Crippen molar-refractivity contribution >= 4 is 6.09 Å². The first-order chi connectivity index (χ1) is 8.99. The van der Waals surface area contributed by atoms with Crippen molar-refractivity contribution in [3.8, 4) is 0 Å². The van der Waals surface area contributed by atoms with E-state index in [4.69, 9.17) is 4.74 Å². The minimum atomic E-state index is -4.71. The van der Waals surface area contributed by atoms with E-state index in [-0.39, 0.29) is 6.04 Å². The zero-order chi connectivity index (χ0) is 15.3. The lowest BCUT2D eigenvalue weighted by molar-refractivity contribution is -0.215. The highest BCUT2D eigenvalue weighted by Crippen LogP contribution is 2.35. The average Bonchev–Trinajstić information content (AvgIpc) is 2.83. The van der Waals surface area contributed by atoms with Gasteiger partial charge in [-0.25, -0.2) is 4.79 Å². The predicted molar refractivity (Wildman–Crippen MR) is 64.1 cm³/mol. The second-order valence-corrected chi connectivity index (χ2v) is 6.31. The number of carbonyl (C=O) groups is 1. The Hall–Kier alpha value is -1.02. The van der Waals surface area contributed by atoms with E-state index in [2.05, 4.69) is 5.32 Å². The van der Waals surface area contributed by atoms with Crippen LogP contribution in [0.3, 0.4) is 0 Å². The summed E-state index contributed by atoms with van der Waals surface area (Å²) in [4.78, 5) is 13.3. The van der Waals surface area contributed by atoms with Gasteiger partial charge in [-0.1, -0.05) is 0 Å². The minimum absolute atomic E-state index is 0.227. The Morgan fingerprint density at radius 3 is 2.45 bits per heavy atom. The van der Waals surface area contributed by atoms with E-state index < -0.39 is 36.1 Å². The van der Waals surface area contributed by atoms with Gasteiger partial charge in [-0.2, -0.15) is 13.2 Å². The molecule has 4 atom stereocenters. The summed E-state index contributed by atoms with van der Waals surface area (Å²) in [5, 5.41) is 12.1. The van der Waals surface area contributed by atoms with E-state index in [1.807, 2.05) is 0 Å². The number of nitrogens with zero attached hydrogens (tertiary/aromatic N) is 1. The lowest BCUT2D eigenvalue weighted by atomic mass is 10.0. The molecule has 0 radical (unpaired) electrons. The van der Waals surface area contributed by atoms with Gasteiger partial charge < -0.3 is 20.1 Å². The van der Waals surface area contributed by atoms with Gasteiger partial charge in [0.1, 0.15) is 5.60 Å². The molecule has 2 aliphatic rings. The van der Waals surface area contributed by atoms with Crippen LogP contribution >= 0.6 is 0 Å². The zero-order valence-electron chi connectivity index (χ0n) is 11.6. The third-order valence-corrected chi connectivity index (χ3v) is 3.49. The normalized spacial score (nSPS) is 31.6. The van der Waals surface area contributed by atoms with Crippen LogP contribution in [0.5, 0.6) is 0 Å². The van der Waals surface area contributed by atoms with Gasteiger partial charge in [0.15, 0.2) is 6.10 Å². The number of alkyl halides is 3. The van der Waals surface area contributed by atoms with Crippen molar-refractivity contribution in [3.05, 3.63) is 0 Å². The van der Waals surface area contributed by atoms with Gasteiger partial charge in [0.2, 0.25) is 0 Å². The molecule has 0 aromatic heterocycles. The largest absolute Gasteiger partial charge is 0.444 e. The molecule has 0 spiro atoms. The molecule has 2 N–H and O–H groups in total. The summed E-state index contributed by atoms with van der Waals surface area (Å²) in [6, 6.07) is -2.11. The maximum absolute atomic E-state index is 12.6. The van der Waals surface area contributed by atoms with Crippen LogP contribution in [0.1, 0.15) is 27.2 Å². The fraction of sp³-hybridized carbons (Fsp3) is 0.917. The summed E-state index contributed by atoms with van der Waals surface area (Å²) in [5.41, 5.74) is -0.704. The molecule has 0 saturated carbocycles. The van der Waals surface area contributed by atoms with Gasteiger partial charge in [-0.3, -0.25) is 0 Å². The molecule has 116 valence electrons. The third-order valence-electron chi connectivity index (χ3n) is 3.49. The molecule has 20 heavy (non-hydrogen) atoms. The van der Waals surface area contributed by atoms with Crippen LogP contribution in [0.25, 0.3) is 0 Å². The molecule has 0 aliphatic carbocycles. The standard InChI is InChI=1S/C12H19F3N2O3/c1-11(2,3)20-10(19)17-5-6-4-7(17)8(16-6)9(18)12(13,14)15/h6-9,16,18H,4-5H2,1-3H3/t6-,7-,8+,9-/m0/s1. The quantitative estimate of drug-likeness (QED) is 0.765. The van der Waals surface area contributed by atoms with Crippen LogP contribution in [0, 0.1) is 0 Å². The van der Waals surface area contributed by atoms with Crippen LogP contribution < -0.4 is 5.32 Å². The number of amides is 1. The number of fused-ring (bicyclic) bond motifs is 2. The summed E-state index contributed by atoms with van der Waals surface area (Å²) in [7, 11) is 0. The topological polar surface area (TPSA) is 61.8 Å². The third kappa shape index (κ3) is 3.01. The maximum atomic E-state index is 12.6. The highest BCUT2D eigenvalue weighted by atomic mass is 19.4. The van der Waals surface area contributed by atoms with Crippen LogP contribution in [0.2, 0.25) is 0 Å². The maximum Gasteiger partial charge on any atom is 0.415 e. The number of piperazine rings is 1. The van der Waals surface area contributed by atoms with Gasteiger partial charge in [-0.15, -0.1) is 0 Å². The number of hydrogen-bond acceptors (Lipinski definition) is 4. The van der Waals surface area contributed by atoms with Crippen LogP contribution in [0.4, 0.5) is 18.0 Å². The van der Waals surface area contributed by atoms with E-state index >= 15 is 0 Å². The molecule has 1 amide bonds. The Morgan fingerprint density at radius 2 is 2.00 bits per heavy atom. The first kappa shape index (κ1) is 15.4. The van der Waals surface area contributed by atoms with Gasteiger partial charge in [0, 0.05) is 12.6 Å². The number of ether oxygens (including phenoxy) is 1. The molecule has 2 heterocycles. The second-order valence-electron chi connectivity index (χ2n) is 6.31. The lowest BCUT2D eigenvalue weighted by Gasteiger charge is -2.37. The van der Waals surface area contributed by atoms with Gasteiger partial charge in [0.05, 0.1) is 12.1 Å². The smallest absolute Gasteiger partial charge is 0.415 e. The Labute approximate surface area is 115 Å². The second kappa shape index (κ2) is 4.77. The molecular formula is C12H19F3N2O3. The molecule has 2 fully saturated rings. The van der Waals surface area contributed by atoms with Gasteiger partial charge >= 0.3 is 12.3 Å². The number of carbonyl (C=O) groups excluding carboxylic acids is 1. The number of aliphatic hydroxyl groups excluding tert-OH is 1. The molecule has 2 saturated heterocycles. The molecular weight excluding hydrogens is 277 g/mol. The van der Waals surface area contributed by atoms with Crippen molar-refractivity contribution in [2.45, 2.75) is 63.2 Å². The number of hydrogen-bond donors (Lipinski definition) is 2. The molecule has 2 aliphatic heterocycles. The van der Waals surface area contributed by atoms with E-state index in [1.165, 1.54) is 4.90 Å². The minimum Gasteiger partial charge on any atom is -0.444 e. The molecule has 2 rings (SSSR count). The SMILES string of the molecule is CC(C)(C)OC(=O)N1C[C@@H]2C[C@H]1[C@H]([C@H](O)C(F)(F)F)N2. The fourth-order valence-corrected chi connectivity index (χ4v) is 2.75. The summed E-state index contributed by atoms with van der Waals surface area (Å²) in [5.74, 6) is 0.